The summed E-state index contributed by atoms with van der Waals surface area (Å²) in [4.78, 5) is 11.5. The van der Waals surface area contributed by atoms with Crippen LogP contribution in [-0.4, -0.2) is 38.1 Å². The number of hydrogen-bond acceptors (Lipinski definition) is 4. The Morgan fingerprint density at radius 2 is 2.15 bits per heavy atom. The Labute approximate surface area is 118 Å². The highest BCUT2D eigenvalue weighted by Gasteiger charge is 2.37. The van der Waals surface area contributed by atoms with E-state index in [1.165, 1.54) is 7.11 Å². The lowest BCUT2D eigenvalue weighted by molar-refractivity contribution is -0.143. The van der Waals surface area contributed by atoms with Crippen molar-refractivity contribution in [3.05, 3.63) is 29.8 Å². The number of ether oxygens (including phenoxy) is 1. The van der Waals surface area contributed by atoms with Gasteiger partial charge in [0, 0.05) is 0 Å². The maximum Gasteiger partial charge on any atom is 0.307 e. The fourth-order valence-electron chi connectivity index (χ4n) is 2.71. The van der Waals surface area contributed by atoms with E-state index in [2.05, 4.69) is 0 Å². The van der Waals surface area contributed by atoms with Crippen molar-refractivity contribution in [2.45, 2.75) is 12.8 Å². The third-order valence-corrected chi connectivity index (χ3v) is 5.58. The molecule has 110 valence electrons. The molecule has 0 aromatic heterocycles. The number of carboxylic acids is 1. The molecular weight excluding hydrogens is 280 g/mol. The number of hydrogen-bond donors (Lipinski definition) is 1. The van der Waals surface area contributed by atoms with E-state index in [4.69, 9.17) is 4.74 Å². The van der Waals surface area contributed by atoms with Gasteiger partial charge in [-0.25, -0.2) is 8.42 Å². The first-order valence-electron chi connectivity index (χ1n) is 6.48. The summed E-state index contributed by atoms with van der Waals surface area (Å²) in [5, 5.41) is 9.39. The Balaban J connectivity index is 2.20. The predicted octanol–water partition coefficient (Wildman–Crippen LogP) is 1.37. The zero-order chi connectivity index (χ0) is 14.8. The van der Waals surface area contributed by atoms with Crippen LogP contribution in [0.2, 0.25) is 0 Å². The Bertz CT molecular complexity index is 593. The van der Waals surface area contributed by atoms with Crippen LogP contribution in [0.15, 0.2) is 24.3 Å². The quantitative estimate of drug-likeness (QED) is 0.888. The molecule has 2 rings (SSSR count). The molecule has 6 heteroatoms. The van der Waals surface area contributed by atoms with Crippen LogP contribution < -0.4 is 4.74 Å². The summed E-state index contributed by atoms with van der Waals surface area (Å²) in [5.74, 6) is -1.25. The van der Waals surface area contributed by atoms with Gasteiger partial charge < -0.3 is 9.84 Å². The minimum Gasteiger partial charge on any atom is -0.496 e. The number of rotatable bonds is 5. The first-order chi connectivity index (χ1) is 9.43. The highest BCUT2D eigenvalue weighted by molar-refractivity contribution is 7.91. The van der Waals surface area contributed by atoms with Crippen molar-refractivity contribution < 1.29 is 23.1 Å². The van der Waals surface area contributed by atoms with Crippen molar-refractivity contribution >= 4 is 15.8 Å². The van der Waals surface area contributed by atoms with Gasteiger partial charge in [-0.3, -0.25) is 4.79 Å². The normalized spacial score (nSPS) is 22.4. The van der Waals surface area contributed by atoms with Gasteiger partial charge in [-0.1, -0.05) is 18.2 Å². The van der Waals surface area contributed by atoms with Crippen molar-refractivity contribution in [3.63, 3.8) is 0 Å². The monoisotopic (exact) mass is 298 g/mol. The summed E-state index contributed by atoms with van der Waals surface area (Å²) < 4.78 is 28.3. The van der Waals surface area contributed by atoms with Crippen LogP contribution in [0.5, 0.6) is 5.75 Å². The summed E-state index contributed by atoms with van der Waals surface area (Å²) in [6.45, 7) is 0. The summed E-state index contributed by atoms with van der Waals surface area (Å²) in [7, 11) is -1.54. The summed E-state index contributed by atoms with van der Waals surface area (Å²) in [6, 6.07) is 7.23. The zero-order valence-corrected chi connectivity index (χ0v) is 12.1. The molecule has 0 amide bonds. The molecule has 20 heavy (non-hydrogen) atoms. The van der Waals surface area contributed by atoms with E-state index >= 15 is 0 Å². The Morgan fingerprint density at radius 1 is 1.45 bits per heavy atom. The van der Waals surface area contributed by atoms with Gasteiger partial charge in [-0.15, -0.1) is 0 Å². The van der Waals surface area contributed by atoms with E-state index in [1.807, 2.05) is 18.2 Å². The van der Waals surface area contributed by atoms with Crippen molar-refractivity contribution in [2.24, 2.45) is 11.8 Å². The molecule has 0 spiro atoms. The number of methoxy groups -OCH3 is 1. The van der Waals surface area contributed by atoms with Crippen LogP contribution in [0.25, 0.3) is 0 Å². The van der Waals surface area contributed by atoms with Gasteiger partial charge in [0.15, 0.2) is 9.84 Å². The van der Waals surface area contributed by atoms with Crippen molar-refractivity contribution in [1.82, 2.24) is 0 Å². The van der Waals surface area contributed by atoms with Gasteiger partial charge in [0.05, 0.1) is 24.5 Å². The Morgan fingerprint density at radius 3 is 2.70 bits per heavy atom. The minimum absolute atomic E-state index is 0.0287. The lowest BCUT2D eigenvalue weighted by Gasteiger charge is -2.19. The molecule has 2 unspecified atom stereocenters. The molecule has 0 radical (unpaired) electrons. The van der Waals surface area contributed by atoms with E-state index in [0.29, 0.717) is 18.6 Å². The van der Waals surface area contributed by atoms with Crippen LogP contribution in [0.1, 0.15) is 12.0 Å². The average molecular weight is 298 g/mol. The average Bonchev–Trinajstić information content (AvgIpc) is 2.76. The van der Waals surface area contributed by atoms with Gasteiger partial charge >= 0.3 is 5.97 Å². The molecule has 0 bridgehead atoms. The van der Waals surface area contributed by atoms with Gasteiger partial charge in [-0.2, -0.15) is 0 Å². The molecule has 1 aliphatic rings. The maximum atomic E-state index is 11.5. The second kappa shape index (κ2) is 5.83. The first kappa shape index (κ1) is 14.8. The topological polar surface area (TPSA) is 80.7 Å². The third-order valence-electron chi connectivity index (χ3n) is 3.79. The molecule has 1 aromatic carbocycles. The first-order valence-corrected chi connectivity index (χ1v) is 8.30. The number of sulfone groups is 1. The Hall–Kier alpha value is -1.56. The summed E-state index contributed by atoms with van der Waals surface area (Å²) in [5.41, 5.74) is 0.798. The van der Waals surface area contributed by atoms with Gasteiger partial charge in [0.1, 0.15) is 5.75 Å². The standard InChI is InChI=1S/C14H18O5S/c1-19-13-5-3-2-4-10(13)8-12(14(15)16)11-6-7-20(17,18)9-11/h2-5,11-12H,6-9H2,1H3,(H,15,16). The maximum absolute atomic E-state index is 11.5. The van der Waals surface area contributed by atoms with Crippen LogP contribution in [0.3, 0.4) is 0 Å². The number of aliphatic carboxylic acids is 1. The van der Waals surface area contributed by atoms with E-state index in [-0.39, 0.29) is 17.4 Å². The molecule has 2 atom stereocenters. The molecule has 1 fully saturated rings. The van der Waals surface area contributed by atoms with Gasteiger partial charge in [0.2, 0.25) is 0 Å². The summed E-state index contributed by atoms with van der Waals surface area (Å²) in [6.07, 6.45) is 0.716. The molecular formula is C14H18O5S. The molecule has 1 aromatic rings. The van der Waals surface area contributed by atoms with E-state index in [0.717, 1.165) is 5.56 Å². The molecule has 1 N–H and O–H groups in total. The second-order valence-electron chi connectivity index (χ2n) is 5.12. The SMILES string of the molecule is COc1ccccc1CC(C(=O)O)C1CCS(=O)(=O)C1. The van der Waals surface area contributed by atoms with Crippen LogP contribution >= 0.6 is 0 Å². The van der Waals surface area contributed by atoms with Gasteiger partial charge in [0.25, 0.3) is 0 Å². The largest absolute Gasteiger partial charge is 0.496 e. The fraction of sp³-hybridized carbons (Fsp3) is 0.500. The second-order valence-corrected chi connectivity index (χ2v) is 7.35. The number of benzene rings is 1. The third kappa shape index (κ3) is 3.30. The lowest BCUT2D eigenvalue weighted by Crippen LogP contribution is -2.27. The Kier molecular flexibility index (Phi) is 4.32. The highest BCUT2D eigenvalue weighted by atomic mass is 32.2. The van der Waals surface area contributed by atoms with Crippen molar-refractivity contribution in [2.75, 3.05) is 18.6 Å². The van der Waals surface area contributed by atoms with Crippen molar-refractivity contribution in [1.29, 1.82) is 0 Å². The number of carbonyl (C=O) groups is 1. The summed E-state index contributed by atoms with van der Waals surface area (Å²) >= 11 is 0. The molecule has 0 saturated carbocycles. The fourth-order valence-corrected chi connectivity index (χ4v) is 4.59. The van der Waals surface area contributed by atoms with E-state index in [9.17, 15) is 18.3 Å². The number of carboxylic acid groups (broad SMARTS) is 1. The van der Waals surface area contributed by atoms with Crippen LogP contribution in [0.4, 0.5) is 0 Å². The molecule has 1 aliphatic heterocycles. The zero-order valence-electron chi connectivity index (χ0n) is 11.3. The molecule has 1 heterocycles. The minimum atomic E-state index is -3.08. The smallest absolute Gasteiger partial charge is 0.307 e. The molecule has 0 aliphatic carbocycles. The van der Waals surface area contributed by atoms with E-state index in [1.54, 1.807) is 6.07 Å². The lowest BCUT2D eigenvalue weighted by atomic mass is 9.86. The predicted molar refractivity (Wildman–Crippen MR) is 74.6 cm³/mol. The molecule has 5 nitrogen and oxygen atoms in total. The highest BCUT2D eigenvalue weighted by Crippen LogP contribution is 2.31. The van der Waals surface area contributed by atoms with Crippen molar-refractivity contribution in [3.8, 4) is 5.75 Å². The van der Waals surface area contributed by atoms with Crippen LogP contribution in [0, 0.1) is 11.8 Å². The van der Waals surface area contributed by atoms with Crippen LogP contribution in [-0.2, 0) is 21.1 Å². The van der Waals surface area contributed by atoms with Gasteiger partial charge in [-0.05, 0) is 30.4 Å². The van der Waals surface area contributed by atoms with E-state index < -0.39 is 21.7 Å². The number of para-hydroxylation sites is 1. The molecule has 1 saturated heterocycles.